The van der Waals surface area contributed by atoms with Crippen molar-refractivity contribution >= 4 is 5.91 Å². The van der Waals surface area contributed by atoms with Crippen LogP contribution in [0.25, 0.3) is 5.82 Å². The van der Waals surface area contributed by atoms with Crippen molar-refractivity contribution in [2.24, 2.45) is 0 Å². The molecule has 0 radical (unpaired) electrons. The summed E-state index contributed by atoms with van der Waals surface area (Å²) in [6, 6.07) is 8.63. The van der Waals surface area contributed by atoms with Crippen LogP contribution in [0.15, 0.2) is 48.8 Å². The van der Waals surface area contributed by atoms with Gasteiger partial charge in [0.05, 0.1) is 0 Å². The molecule has 0 aliphatic carbocycles. The third-order valence-corrected chi connectivity index (χ3v) is 3.59. The molecule has 1 aromatic carbocycles. The van der Waals surface area contributed by atoms with E-state index in [0.29, 0.717) is 11.6 Å². The Bertz CT molecular complexity index is 938. The monoisotopic (exact) mass is 377 g/mol. The zero-order valence-electron chi connectivity index (χ0n) is 14.1. The highest BCUT2D eigenvalue weighted by Crippen LogP contribution is 2.26. The first-order valence-electron chi connectivity index (χ1n) is 7.79. The molecule has 1 amide bonds. The number of hydrogen-bond acceptors (Lipinski definition) is 5. The van der Waals surface area contributed by atoms with Crippen LogP contribution >= 0.6 is 0 Å². The van der Waals surface area contributed by atoms with Crippen LogP contribution < -0.4 is 10.1 Å². The quantitative estimate of drug-likeness (QED) is 0.739. The summed E-state index contributed by atoms with van der Waals surface area (Å²) in [5, 5.41) is 10.3. The molecule has 27 heavy (non-hydrogen) atoms. The van der Waals surface area contributed by atoms with Gasteiger partial charge in [-0.1, -0.05) is 18.2 Å². The average Bonchev–Trinajstić information content (AvgIpc) is 3.05. The lowest BCUT2D eigenvalue weighted by molar-refractivity contribution is -0.274. The van der Waals surface area contributed by atoms with Crippen LogP contribution in [0.4, 0.5) is 13.2 Å². The molecule has 0 fully saturated rings. The smallest absolute Gasteiger partial charge is 0.405 e. The van der Waals surface area contributed by atoms with E-state index in [2.05, 4.69) is 25.2 Å². The fourth-order valence-corrected chi connectivity index (χ4v) is 2.34. The maximum absolute atomic E-state index is 12.4. The fourth-order valence-electron chi connectivity index (χ4n) is 2.34. The Hall–Kier alpha value is -3.43. The van der Waals surface area contributed by atoms with Gasteiger partial charge < -0.3 is 10.1 Å². The maximum atomic E-state index is 12.4. The molecule has 0 aliphatic rings. The molecule has 0 aliphatic heterocycles. The largest absolute Gasteiger partial charge is 0.573 e. The highest BCUT2D eigenvalue weighted by atomic mass is 19.4. The molecule has 1 N–H and O–H groups in total. The predicted octanol–water partition coefficient (Wildman–Crippen LogP) is 2.80. The average molecular weight is 377 g/mol. The number of carbonyl (C=O) groups is 1. The topological polar surface area (TPSA) is 81.9 Å². The summed E-state index contributed by atoms with van der Waals surface area (Å²) in [7, 11) is 0. The van der Waals surface area contributed by atoms with Gasteiger partial charge in [0.1, 0.15) is 11.6 Å². The third kappa shape index (κ3) is 4.60. The predicted molar refractivity (Wildman–Crippen MR) is 88.2 cm³/mol. The molecular formula is C17H14F3N5O2. The van der Waals surface area contributed by atoms with Gasteiger partial charge in [0, 0.05) is 24.5 Å². The summed E-state index contributed by atoms with van der Waals surface area (Å²) < 4.78 is 42.9. The lowest BCUT2D eigenvalue weighted by atomic mass is 10.2. The van der Waals surface area contributed by atoms with Gasteiger partial charge in [0.15, 0.2) is 11.5 Å². The minimum absolute atomic E-state index is 0.0331. The van der Waals surface area contributed by atoms with E-state index in [0.717, 1.165) is 0 Å². The summed E-state index contributed by atoms with van der Waals surface area (Å²) >= 11 is 0. The van der Waals surface area contributed by atoms with Crippen LogP contribution in [-0.4, -0.2) is 32.0 Å². The molecule has 0 saturated carbocycles. The van der Waals surface area contributed by atoms with E-state index in [1.165, 1.54) is 24.3 Å². The fraction of sp³-hybridized carbons (Fsp3) is 0.176. The molecule has 0 bridgehead atoms. The van der Waals surface area contributed by atoms with Gasteiger partial charge in [-0.3, -0.25) is 9.36 Å². The van der Waals surface area contributed by atoms with Crippen molar-refractivity contribution in [2.45, 2.75) is 19.8 Å². The molecule has 3 rings (SSSR count). The second-order valence-electron chi connectivity index (χ2n) is 5.46. The molecule has 2 heterocycles. The van der Waals surface area contributed by atoms with Crippen molar-refractivity contribution < 1.29 is 22.7 Å². The van der Waals surface area contributed by atoms with E-state index in [1.54, 1.807) is 36.0 Å². The van der Waals surface area contributed by atoms with Gasteiger partial charge in [-0.15, -0.1) is 23.4 Å². The number of carbonyl (C=O) groups excluding carboxylic acids is 1. The molecule has 0 unspecified atom stereocenters. The van der Waals surface area contributed by atoms with Crippen molar-refractivity contribution in [1.82, 2.24) is 25.1 Å². The van der Waals surface area contributed by atoms with Crippen LogP contribution in [0, 0.1) is 6.92 Å². The number of amides is 1. The standard InChI is InChI=1S/C17H14F3N5O2/c1-11-21-8-9-25(11)15-7-6-13(23-24-15)16(26)22-10-12-4-2-3-5-14(12)27-17(18,19)20/h2-9H,10H2,1H3,(H,22,26). The SMILES string of the molecule is Cc1nccn1-c1ccc(C(=O)NCc2ccccc2OC(F)(F)F)nn1. The summed E-state index contributed by atoms with van der Waals surface area (Å²) in [6.45, 7) is 1.64. The number of ether oxygens (including phenoxy) is 1. The van der Waals surface area contributed by atoms with Gasteiger partial charge >= 0.3 is 6.36 Å². The van der Waals surface area contributed by atoms with Crippen molar-refractivity contribution in [3.05, 3.63) is 65.9 Å². The van der Waals surface area contributed by atoms with E-state index in [9.17, 15) is 18.0 Å². The zero-order chi connectivity index (χ0) is 19.4. The second-order valence-corrected chi connectivity index (χ2v) is 5.46. The van der Waals surface area contributed by atoms with E-state index >= 15 is 0 Å². The Labute approximate surface area is 151 Å². The van der Waals surface area contributed by atoms with E-state index < -0.39 is 12.3 Å². The van der Waals surface area contributed by atoms with Crippen molar-refractivity contribution in [2.75, 3.05) is 0 Å². The number of aromatic nitrogens is 4. The summed E-state index contributed by atoms with van der Waals surface area (Å²) in [4.78, 5) is 16.3. The van der Waals surface area contributed by atoms with Gasteiger partial charge in [0.25, 0.3) is 5.91 Å². The number of nitrogens with zero attached hydrogens (tertiary/aromatic N) is 4. The van der Waals surface area contributed by atoms with E-state index in [-0.39, 0.29) is 23.6 Å². The molecule has 7 nitrogen and oxygen atoms in total. The summed E-state index contributed by atoms with van der Waals surface area (Å²) in [5.74, 6) is 0.258. The number of para-hydroxylation sites is 1. The van der Waals surface area contributed by atoms with Gasteiger partial charge in [0.2, 0.25) is 0 Å². The molecule has 10 heteroatoms. The van der Waals surface area contributed by atoms with E-state index in [4.69, 9.17) is 0 Å². The Morgan fingerprint density at radius 3 is 2.59 bits per heavy atom. The van der Waals surface area contributed by atoms with E-state index in [1.807, 2.05) is 0 Å². The lowest BCUT2D eigenvalue weighted by Gasteiger charge is -2.13. The van der Waals surface area contributed by atoms with Crippen molar-refractivity contribution in [3.8, 4) is 11.6 Å². The molecular weight excluding hydrogens is 363 g/mol. The number of rotatable bonds is 5. The number of halogens is 3. The normalized spacial score (nSPS) is 11.3. The van der Waals surface area contributed by atoms with Gasteiger partial charge in [-0.2, -0.15) is 0 Å². The number of benzene rings is 1. The Kier molecular flexibility index (Phi) is 5.06. The van der Waals surface area contributed by atoms with Gasteiger partial charge in [-0.05, 0) is 25.1 Å². The summed E-state index contributed by atoms with van der Waals surface area (Å²) in [6.07, 6.45) is -1.50. The highest BCUT2D eigenvalue weighted by Gasteiger charge is 2.32. The van der Waals surface area contributed by atoms with Crippen molar-refractivity contribution in [1.29, 1.82) is 0 Å². The number of hydrogen-bond donors (Lipinski definition) is 1. The minimum atomic E-state index is -4.81. The first-order valence-corrected chi connectivity index (χ1v) is 7.79. The first-order chi connectivity index (χ1) is 12.8. The van der Waals surface area contributed by atoms with Gasteiger partial charge in [-0.25, -0.2) is 4.98 Å². The Morgan fingerprint density at radius 2 is 1.96 bits per heavy atom. The Balaban J connectivity index is 1.67. The summed E-state index contributed by atoms with van der Waals surface area (Å²) in [5.41, 5.74) is 0.215. The van der Waals surface area contributed by atoms with Crippen LogP contribution in [-0.2, 0) is 6.54 Å². The molecule has 3 aromatic rings. The van der Waals surface area contributed by atoms with Crippen LogP contribution in [0.1, 0.15) is 21.9 Å². The number of alkyl halides is 3. The second kappa shape index (κ2) is 7.44. The lowest BCUT2D eigenvalue weighted by Crippen LogP contribution is -2.25. The number of aryl methyl sites for hydroxylation is 1. The van der Waals surface area contributed by atoms with Crippen LogP contribution in [0.3, 0.4) is 0 Å². The van der Waals surface area contributed by atoms with Crippen molar-refractivity contribution in [3.63, 3.8) is 0 Å². The maximum Gasteiger partial charge on any atom is 0.573 e. The van der Waals surface area contributed by atoms with Crippen LogP contribution in [0.5, 0.6) is 5.75 Å². The molecule has 140 valence electrons. The number of imidazole rings is 1. The zero-order valence-corrected chi connectivity index (χ0v) is 14.1. The van der Waals surface area contributed by atoms with Crippen LogP contribution in [0.2, 0.25) is 0 Å². The Morgan fingerprint density at radius 1 is 1.19 bits per heavy atom. The third-order valence-electron chi connectivity index (χ3n) is 3.59. The molecule has 2 aromatic heterocycles. The minimum Gasteiger partial charge on any atom is -0.405 e. The highest BCUT2D eigenvalue weighted by molar-refractivity contribution is 5.92. The molecule has 0 spiro atoms. The number of nitrogens with one attached hydrogen (secondary N) is 1. The molecule has 0 saturated heterocycles. The molecule has 0 atom stereocenters. The first kappa shape index (κ1) is 18.4.